The van der Waals surface area contributed by atoms with Crippen molar-refractivity contribution in [3.8, 4) is 0 Å². The van der Waals surface area contributed by atoms with Gasteiger partial charge >= 0.3 is 0 Å². The van der Waals surface area contributed by atoms with Gasteiger partial charge in [0.1, 0.15) is 6.29 Å². The summed E-state index contributed by atoms with van der Waals surface area (Å²) in [6.45, 7) is 0. The van der Waals surface area contributed by atoms with Crippen LogP contribution in [0.3, 0.4) is 0 Å². The van der Waals surface area contributed by atoms with E-state index in [0.717, 1.165) is 31.3 Å². The van der Waals surface area contributed by atoms with Crippen molar-refractivity contribution >= 4 is 17.1 Å². The lowest BCUT2D eigenvalue weighted by Crippen LogP contribution is -1.93. The second kappa shape index (κ2) is 11.9. The number of carbonyl (C=O) groups excluding carboxylic acids is 1. The van der Waals surface area contributed by atoms with Gasteiger partial charge in [-0.05, 0) is 12.8 Å². The topological polar surface area (TPSA) is 34.1 Å². The molecule has 0 radical (unpaired) electrons. The molecule has 0 aromatic rings. The molecule has 15 heavy (non-hydrogen) atoms. The highest BCUT2D eigenvalue weighted by Gasteiger charge is 1.93. The first kappa shape index (κ1) is 14.8. The number of unbranched alkanes of at least 4 members (excludes halogenated alkanes) is 8. The fourth-order valence-electron chi connectivity index (χ4n) is 1.59. The molecule has 0 aliphatic heterocycles. The van der Waals surface area contributed by atoms with Gasteiger partial charge in [0.05, 0.1) is 0 Å². The average molecular weight is 232 g/mol. The molecule has 90 valence electrons. The van der Waals surface area contributed by atoms with Crippen LogP contribution in [0.25, 0.3) is 0 Å². The van der Waals surface area contributed by atoms with Gasteiger partial charge in [-0.15, -0.1) is 0 Å². The lowest BCUT2D eigenvalue weighted by molar-refractivity contribution is -0.107. The second-order valence-corrected chi connectivity index (χ2v) is 5.62. The first-order valence-electron chi connectivity index (χ1n) is 6.01. The molecule has 0 saturated heterocycles. The fourth-order valence-corrected chi connectivity index (χ4v) is 2.20. The summed E-state index contributed by atoms with van der Waals surface area (Å²) in [5, 5.41) is 0. The molecule has 0 aromatic carbocycles. The molecule has 0 N–H and O–H groups in total. The summed E-state index contributed by atoms with van der Waals surface area (Å²) in [5.41, 5.74) is 0. The van der Waals surface area contributed by atoms with Crippen LogP contribution in [0.1, 0.15) is 57.8 Å². The average Bonchev–Trinajstić information content (AvgIpc) is 2.20. The van der Waals surface area contributed by atoms with Crippen LogP contribution in [-0.2, 0) is 15.6 Å². The van der Waals surface area contributed by atoms with Crippen LogP contribution in [0.2, 0.25) is 0 Å². The van der Waals surface area contributed by atoms with Gasteiger partial charge in [-0.25, -0.2) is 0 Å². The van der Waals surface area contributed by atoms with Gasteiger partial charge in [0.2, 0.25) is 0 Å². The van der Waals surface area contributed by atoms with E-state index in [1.165, 1.54) is 38.5 Å². The number of hydrogen-bond donors (Lipinski definition) is 0. The van der Waals surface area contributed by atoms with Crippen LogP contribution in [-0.4, -0.2) is 22.5 Å². The molecule has 0 rings (SSSR count). The molecule has 0 saturated carbocycles. The van der Waals surface area contributed by atoms with E-state index in [-0.39, 0.29) is 0 Å². The molecule has 0 amide bonds. The molecule has 0 heterocycles. The van der Waals surface area contributed by atoms with E-state index < -0.39 is 10.8 Å². The Balaban J connectivity index is 2.92. The molecule has 3 heteroatoms. The minimum atomic E-state index is -0.611. The highest BCUT2D eigenvalue weighted by molar-refractivity contribution is 7.84. The van der Waals surface area contributed by atoms with Crippen molar-refractivity contribution in [2.24, 2.45) is 0 Å². The molecule has 1 unspecified atom stereocenters. The molecule has 0 fully saturated rings. The first-order chi connectivity index (χ1) is 7.27. The monoisotopic (exact) mass is 232 g/mol. The van der Waals surface area contributed by atoms with Gasteiger partial charge < -0.3 is 4.79 Å². The normalized spacial score (nSPS) is 12.6. The van der Waals surface area contributed by atoms with Gasteiger partial charge in [-0.3, -0.25) is 4.21 Å². The Morgan fingerprint density at radius 2 is 1.33 bits per heavy atom. The van der Waals surface area contributed by atoms with Crippen LogP contribution in [0.15, 0.2) is 0 Å². The molecular formula is C12H24O2S. The van der Waals surface area contributed by atoms with Crippen LogP contribution in [0.4, 0.5) is 0 Å². The molecule has 0 aliphatic carbocycles. The van der Waals surface area contributed by atoms with Gasteiger partial charge in [-0.2, -0.15) is 0 Å². The lowest BCUT2D eigenvalue weighted by Gasteiger charge is -2.00. The maximum absolute atomic E-state index is 10.8. The third-order valence-electron chi connectivity index (χ3n) is 2.50. The van der Waals surface area contributed by atoms with Gasteiger partial charge in [0.15, 0.2) is 0 Å². The SMILES string of the molecule is CS(=O)CCCCCCCCCCC=O. The Morgan fingerprint density at radius 3 is 1.80 bits per heavy atom. The van der Waals surface area contributed by atoms with Crippen molar-refractivity contribution in [3.05, 3.63) is 0 Å². The summed E-state index contributed by atoms with van der Waals surface area (Å²) < 4.78 is 10.8. The predicted octanol–water partition coefficient (Wildman–Crippen LogP) is 3.07. The van der Waals surface area contributed by atoms with Crippen LogP contribution < -0.4 is 0 Å². The molecule has 0 bridgehead atoms. The van der Waals surface area contributed by atoms with E-state index in [9.17, 15) is 9.00 Å². The number of aldehydes is 1. The third-order valence-corrected chi connectivity index (χ3v) is 3.37. The summed E-state index contributed by atoms with van der Waals surface area (Å²) in [6.07, 6.45) is 13.2. The largest absolute Gasteiger partial charge is 0.303 e. The highest BCUT2D eigenvalue weighted by Crippen LogP contribution is 2.09. The zero-order valence-corrected chi connectivity index (χ0v) is 10.7. The van der Waals surface area contributed by atoms with Gasteiger partial charge in [-0.1, -0.05) is 38.5 Å². The number of carbonyl (C=O) groups is 1. The quantitative estimate of drug-likeness (QED) is 0.405. The summed E-state index contributed by atoms with van der Waals surface area (Å²) in [6, 6.07) is 0. The van der Waals surface area contributed by atoms with Crippen LogP contribution in [0, 0.1) is 0 Å². The van der Waals surface area contributed by atoms with E-state index in [1.54, 1.807) is 6.26 Å². The summed E-state index contributed by atoms with van der Waals surface area (Å²) >= 11 is 0. The maximum Gasteiger partial charge on any atom is 0.119 e. The van der Waals surface area contributed by atoms with Crippen LogP contribution in [0.5, 0.6) is 0 Å². The van der Waals surface area contributed by atoms with Crippen molar-refractivity contribution in [1.29, 1.82) is 0 Å². The second-order valence-electron chi connectivity index (χ2n) is 4.06. The smallest absolute Gasteiger partial charge is 0.119 e. The highest BCUT2D eigenvalue weighted by atomic mass is 32.2. The Kier molecular flexibility index (Phi) is 11.7. The summed E-state index contributed by atoms with van der Waals surface area (Å²) in [5.74, 6) is 0.860. The molecule has 0 spiro atoms. The number of hydrogen-bond acceptors (Lipinski definition) is 2. The lowest BCUT2D eigenvalue weighted by atomic mass is 10.1. The Labute approximate surface area is 96.3 Å². The summed E-state index contributed by atoms with van der Waals surface area (Å²) in [4.78, 5) is 10.0. The van der Waals surface area contributed by atoms with Gasteiger partial charge in [0.25, 0.3) is 0 Å². The van der Waals surface area contributed by atoms with Crippen molar-refractivity contribution < 1.29 is 9.00 Å². The third kappa shape index (κ3) is 13.8. The molecule has 1 atom stereocenters. The Morgan fingerprint density at radius 1 is 0.867 bits per heavy atom. The fraction of sp³-hybridized carbons (Fsp3) is 0.917. The van der Waals surface area contributed by atoms with Crippen LogP contribution >= 0.6 is 0 Å². The Bertz CT molecular complexity index is 169. The summed E-state index contributed by atoms with van der Waals surface area (Å²) in [7, 11) is -0.611. The van der Waals surface area contributed by atoms with Crippen molar-refractivity contribution in [2.45, 2.75) is 57.8 Å². The van der Waals surface area contributed by atoms with Gasteiger partial charge in [0, 0.05) is 29.2 Å². The van der Waals surface area contributed by atoms with E-state index in [1.807, 2.05) is 0 Å². The minimum absolute atomic E-state index is 0.611. The molecule has 0 aliphatic rings. The van der Waals surface area contributed by atoms with E-state index in [2.05, 4.69) is 0 Å². The van der Waals surface area contributed by atoms with Crippen molar-refractivity contribution in [2.75, 3.05) is 12.0 Å². The van der Waals surface area contributed by atoms with E-state index in [0.29, 0.717) is 0 Å². The van der Waals surface area contributed by atoms with Crippen molar-refractivity contribution in [3.63, 3.8) is 0 Å². The Hall–Kier alpha value is -0.180. The zero-order chi connectivity index (χ0) is 11.4. The van der Waals surface area contributed by atoms with E-state index >= 15 is 0 Å². The first-order valence-corrected chi connectivity index (χ1v) is 7.73. The molecule has 0 aromatic heterocycles. The predicted molar refractivity (Wildman–Crippen MR) is 66.6 cm³/mol. The molecule has 2 nitrogen and oxygen atoms in total. The standard InChI is InChI=1S/C12H24O2S/c1-15(14)12-10-8-6-4-2-3-5-7-9-11-13/h11H,2-10,12H2,1H3. The zero-order valence-electron chi connectivity index (χ0n) is 9.87. The van der Waals surface area contributed by atoms with E-state index in [4.69, 9.17) is 0 Å². The minimum Gasteiger partial charge on any atom is -0.303 e. The van der Waals surface area contributed by atoms with Crippen molar-refractivity contribution in [1.82, 2.24) is 0 Å². The molecular weight excluding hydrogens is 208 g/mol. The number of rotatable bonds is 11. The maximum atomic E-state index is 10.8.